The van der Waals surface area contributed by atoms with Gasteiger partial charge in [-0.2, -0.15) is 5.26 Å². The number of pyridine rings is 1. The fraction of sp³-hybridized carbons (Fsp3) is 0.533. The quantitative estimate of drug-likeness (QED) is 0.905. The molecule has 1 aliphatic heterocycles. The van der Waals surface area contributed by atoms with Gasteiger partial charge in [0, 0.05) is 19.7 Å². The van der Waals surface area contributed by atoms with Crippen LogP contribution in [0.25, 0.3) is 0 Å². The molecule has 1 aromatic heterocycles. The number of rotatable bonds is 3. The second-order valence-corrected chi connectivity index (χ2v) is 5.21. The van der Waals surface area contributed by atoms with Crippen molar-refractivity contribution < 1.29 is 9.90 Å². The highest BCUT2D eigenvalue weighted by atomic mass is 16.3. The number of aryl methyl sites for hydroxylation is 1. The second kappa shape index (κ2) is 6.49. The van der Waals surface area contributed by atoms with Gasteiger partial charge < -0.3 is 10.0 Å². The summed E-state index contributed by atoms with van der Waals surface area (Å²) in [5.74, 6) is 0.289. The molecule has 1 amide bonds. The van der Waals surface area contributed by atoms with Crippen LogP contribution in [0.2, 0.25) is 0 Å². The molecule has 0 radical (unpaired) electrons. The highest BCUT2D eigenvalue weighted by Crippen LogP contribution is 2.20. The van der Waals surface area contributed by atoms with Crippen LogP contribution in [0, 0.1) is 24.2 Å². The highest BCUT2D eigenvalue weighted by Gasteiger charge is 2.25. The smallest absolute Gasteiger partial charge is 0.272 e. The zero-order chi connectivity index (χ0) is 14.5. The van der Waals surface area contributed by atoms with Gasteiger partial charge in [0.25, 0.3) is 5.91 Å². The van der Waals surface area contributed by atoms with Crippen molar-refractivity contribution in [2.24, 2.45) is 5.92 Å². The molecule has 1 aromatic rings. The van der Waals surface area contributed by atoms with Gasteiger partial charge in [-0.1, -0.05) is 0 Å². The van der Waals surface area contributed by atoms with Gasteiger partial charge in [0.05, 0.1) is 11.3 Å². The second-order valence-electron chi connectivity index (χ2n) is 5.21. The van der Waals surface area contributed by atoms with Gasteiger partial charge in [0.15, 0.2) is 0 Å². The van der Waals surface area contributed by atoms with Crippen LogP contribution in [0.15, 0.2) is 12.1 Å². The molecule has 1 N–H and O–H groups in total. The maximum Gasteiger partial charge on any atom is 0.272 e. The molecule has 0 bridgehead atoms. The Kier molecular flexibility index (Phi) is 4.70. The summed E-state index contributed by atoms with van der Waals surface area (Å²) in [4.78, 5) is 18.4. The number of aliphatic hydroxyl groups is 1. The molecule has 2 heterocycles. The Hall–Kier alpha value is -1.93. The summed E-state index contributed by atoms with van der Waals surface area (Å²) in [5.41, 5.74) is 1.48. The summed E-state index contributed by atoms with van der Waals surface area (Å²) >= 11 is 0. The summed E-state index contributed by atoms with van der Waals surface area (Å²) in [6, 6.07) is 5.31. The first-order valence-corrected chi connectivity index (χ1v) is 6.93. The van der Waals surface area contributed by atoms with Crippen molar-refractivity contribution in [2.75, 3.05) is 19.7 Å². The Labute approximate surface area is 118 Å². The number of amides is 1. The lowest BCUT2D eigenvalue weighted by atomic mass is 9.95. The monoisotopic (exact) mass is 273 g/mol. The van der Waals surface area contributed by atoms with E-state index < -0.39 is 0 Å². The highest BCUT2D eigenvalue weighted by molar-refractivity contribution is 5.92. The van der Waals surface area contributed by atoms with Crippen molar-refractivity contribution in [1.29, 1.82) is 5.26 Å². The zero-order valence-corrected chi connectivity index (χ0v) is 11.7. The van der Waals surface area contributed by atoms with E-state index in [4.69, 9.17) is 10.4 Å². The molecule has 0 spiro atoms. The topological polar surface area (TPSA) is 77.2 Å². The number of nitrogens with zero attached hydrogens (tertiary/aromatic N) is 3. The summed E-state index contributed by atoms with van der Waals surface area (Å²) in [7, 11) is 0. The van der Waals surface area contributed by atoms with Crippen LogP contribution in [-0.4, -0.2) is 40.6 Å². The molecule has 0 aliphatic carbocycles. The average molecular weight is 273 g/mol. The molecule has 5 heteroatoms. The van der Waals surface area contributed by atoms with Crippen LogP contribution in [0.5, 0.6) is 0 Å². The fourth-order valence-corrected chi connectivity index (χ4v) is 2.63. The Bertz CT molecular complexity index is 534. The molecule has 1 fully saturated rings. The molecule has 1 unspecified atom stereocenters. The van der Waals surface area contributed by atoms with E-state index in [2.05, 4.69) is 4.98 Å². The van der Waals surface area contributed by atoms with Crippen molar-refractivity contribution >= 4 is 5.91 Å². The lowest BCUT2D eigenvalue weighted by Gasteiger charge is -2.32. The Balaban J connectivity index is 2.11. The van der Waals surface area contributed by atoms with Crippen LogP contribution >= 0.6 is 0 Å². The first kappa shape index (κ1) is 14.5. The Morgan fingerprint density at radius 2 is 2.40 bits per heavy atom. The summed E-state index contributed by atoms with van der Waals surface area (Å²) in [6.07, 6.45) is 2.76. The van der Waals surface area contributed by atoms with E-state index in [9.17, 15) is 4.79 Å². The fourth-order valence-electron chi connectivity index (χ4n) is 2.63. The predicted molar refractivity (Wildman–Crippen MR) is 74.0 cm³/mol. The normalized spacial score (nSPS) is 18.6. The molecular formula is C15H19N3O2. The lowest BCUT2D eigenvalue weighted by molar-refractivity contribution is 0.0647. The van der Waals surface area contributed by atoms with E-state index in [-0.39, 0.29) is 12.5 Å². The molecular weight excluding hydrogens is 254 g/mol. The molecule has 0 aromatic carbocycles. The maximum absolute atomic E-state index is 12.4. The molecule has 2 rings (SSSR count). The van der Waals surface area contributed by atoms with Crippen LogP contribution in [0.4, 0.5) is 0 Å². The van der Waals surface area contributed by atoms with Gasteiger partial charge in [-0.25, -0.2) is 4.98 Å². The number of nitriles is 1. The summed E-state index contributed by atoms with van der Waals surface area (Å²) in [6.45, 7) is 3.32. The number of aliphatic hydroxyl groups excluding tert-OH is 1. The van der Waals surface area contributed by atoms with Crippen LogP contribution in [0.3, 0.4) is 0 Å². The standard InChI is InChI=1S/C15H19N3O2/c1-11-13(9-16)4-5-14(17-11)15(20)18-7-2-3-12(10-18)6-8-19/h4-5,12,19H,2-3,6-8,10H2,1H3. The van der Waals surface area contributed by atoms with E-state index in [1.165, 1.54) is 0 Å². The van der Waals surface area contributed by atoms with Crippen LogP contribution in [0.1, 0.15) is 41.0 Å². The first-order chi connectivity index (χ1) is 9.65. The lowest BCUT2D eigenvalue weighted by Crippen LogP contribution is -2.40. The number of carbonyl (C=O) groups excluding carboxylic acids is 1. The number of hydrogen-bond donors (Lipinski definition) is 1. The minimum atomic E-state index is -0.0831. The Morgan fingerprint density at radius 3 is 3.05 bits per heavy atom. The third-order valence-electron chi connectivity index (χ3n) is 3.77. The molecule has 20 heavy (non-hydrogen) atoms. The van der Waals surface area contributed by atoms with Crippen molar-refractivity contribution in [3.05, 3.63) is 29.1 Å². The SMILES string of the molecule is Cc1nc(C(=O)N2CCCC(CCO)C2)ccc1C#N. The molecule has 106 valence electrons. The van der Waals surface area contributed by atoms with Crippen molar-refractivity contribution in [2.45, 2.75) is 26.2 Å². The van der Waals surface area contributed by atoms with Crippen LogP contribution in [-0.2, 0) is 0 Å². The zero-order valence-electron chi connectivity index (χ0n) is 11.7. The number of piperidine rings is 1. The predicted octanol–water partition coefficient (Wildman–Crippen LogP) is 1.50. The van der Waals surface area contributed by atoms with Gasteiger partial charge in [-0.3, -0.25) is 4.79 Å². The largest absolute Gasteiger partial charge is 0.396 e. The van der Waals surface area contributed by atoms with E-state index in [0.29, 0.717) is 29.4 Å². The van der Waals surface area contributed by atoms with Gasteiger partial charge in [0.2, 0.25) is 0 Å². The number of aromatic nitrogens is 1. The molecule has 0 saturated carbocycles. The van der Waals surface area contributed by atoms with Crippen molar-refractivity contribution in [3.8, 4) is 6.07 Å². The molecule has 1 saturated heterocycles. The van der Waals surface area contributed by atoms with E-state index >= 15 is 0 Å². The van der Waals surface area contributed by atoms with Crippen molar-refractivity contribution in [3.63, 3.8) is 0 Å². The minimum absolute atomic E-state index is 0.0831. The number of hydrogen-bond acceptors (Lipinski definition) is 4. The van der Waals surface area contributed by atoms with Gasteiger partial charge in [0.1, 0.15) is 11.8 Å². The van der Waals surface area contributed by atoms with Crippen LogP contribution < -0.4 is 0 Å². The van der Waals surface area contributed by atoms with E-state index in [1.54, 1.807) is 24.0 Å². The summed E-state index contributed by atoms with van der Waals surface area (Å²) in [5, 5.41) is 17.9. The Morgan fingerprint density at radius 1 is 1.60 bits per heavy atom. The van der Waals surface area contributed by atoms with Crippen molar-refractivity contribution in [1.82, 2.24) is 9.88 Å². The van der Waals surface area contributed by atoms with Gasteiger partial charge >= 0.3 is 0 Å². The van der Waals surface area contributed by atoms with Gasteiger partial charge in [-0.05, 0) is 44.2 Å². The number of likely N-dealkylation sites (tertiary alicyclic amines) is 1. The first-order valence-electron chi connectivity index (χ1n) is 6.93. The van der Waals surface area contributed by atoms with E-state index in [0.717, 1.165) is 25.8 Å². The third kappa shape index (κ3) is 3.14. The molecule has 5 nitrogen and oxygen atoms in total. The number of carbonyl (C=O) groups is 1. The van der Waals surface area contributed by atoms with E-state index in [1.807, 2.05) is 6.07 Å². The minimum Gasteiger partial charge on any atom is -0.396 e. The molecule has 1 aliphatic rings. The van der Waals surface area contributed by atoms with Gasteiger partial charge in [-0.15, -0.1) is 0 Å². The third-order valence-corrected chi connectivity index (χ3v) is 3.77. The summed E-state index contributed by atoms with van der Waals surface area (Å²) < 4.78 is 0. The maximum atomic E-state index is 12.4. The average Bonchev–Trinajstić information content (AvgIpc) is 2.47. The molecule has 1 atom stereocenters.